The Balaban J connectivity index is 2.30. The largest absolute Gasteiger partial charge is 0.390 e. The summed E-state index contributed by atoms with van der Waals surface area (Å²) in [7, 11) is 0. The molecule has 0 saturated carbocycles. The van der Waals surface area contributed by atoms with Crippen molar-refractivity contribution in [1.82, 2.24) is 20.6 Å². The highest BCUT2D eigenvalue weighted by Gasteiger charge is 1.93. The first-order valence-electron chi connectivity index (χ1n) is 2.62. The lowest BCUT2D eigenvalue weighted by Gasteiger charge is -1.86. The van der Waals surface area contributed by atoms with Crippen LogP contribution < -0.4 is 0 Å². The monoisotopic (exact) mass is 127 g/mol. The van der Waals surface area contributed by atoms with E-state index in [2.05, 4.69) is 20.6 Å². The van der Waals surface area contributed by atoms with Gasteiger partial charge in [0.25, 0.3) is 0 Å². The van der Waals surface area contributed by atoms with Crippen molar-refractivity contribution in [1.29, 1.82) is 0 Å². The summed E-state index contributed by atoms with van der Waals surface area (Å²) >= 11 is 0. The number of aryl methyl sites for hydroxylation is 1. The molecule has 0 spiro atoms. The van der Waals surface area contributed by atoms with Crippen LogP contribution in [0.25, 0.3) is 0 Å². The molecule has 0 aromatic carbocycles. The predicted octanol–water partition coefficient (Wildman–Crippen LogP) is -0.333. The minimum absolute atomic E-state index is 0.580. The normalized spacial score (nSPS) is 9.89. The van der Waals surface area contributed by atoms with Crippen LogP contribution in [-0.4, -0.2) is 25.7 Å². The summed E-state index contributed by atoms with van der Waals surface area (Å²) in [5.74, 6) is 0.695. The maximum Gasteiger partial charge on any atom is 0.148 e. The molecule has 0 amide bonds. The van der Waals surface area contributed by atoms with Crippen molar-refractivity contribution in [3.8, 4) is 0 Å². The van der Waals surface area contributed by atoms with Gasteiger partial charge in [-0.2, -0.15) is 0 Å². The molecule has 1 rings (SSSR count). The van der Waals surface area contributed by atoms with E-state index in [0.717, 1.165) is 6.61 Å². The summed E-state index contributed by atoms with van der Waals surface area (Å²) < 4.78 is 0. The Morgan fingerprint density at radius 3 is 3.11 bits per heavy atom. The van der Waals surface area contributed by atoms with Crippen LogP contribution in [-0.2, 0) is 6.42 Å². The third-order valence-electron chi connectivity index (χ3n) is 0.899. The van der Waals surface area contributed by atoms with E-state index >= 15 is 0 Å². The van der Waals surface area contributed by atoms with E-state index in [-0.39, 0.29) is 0 Å². The zero-order valence-corrected chi connectivity index (χ0v) is 4.78. The van der Waals surface area contributed by atoms with Gasteiger partial charge in [-0.05, 0) is 16.8 Å². The maximum atomic E-state index is 8.26. The first kappa shape index (κ1) is 6.15. The molecule has 2 N–H and O–H groups in total. The van der Waals surface area contributed by atoms with Gasteiger partial charge in [-0.3, -0.25) is 0 Å². The number of tetrazole rings is 1. The van der Waals surface area contributed by atoms with Crippen LogP contribution in [0.3, 0.4) is 0 Å². The molecule has 0 fully saturated rings. The zero-order chi connectivity index (χ0) is 6.53. The van der Waals surface area contributed by atoms with Crippen molar-refractivity contribution < 1.29 is 5.11 Å². The molecule has 9 heavy (non-hydrogen) atoms. The number of aliphatic hydroxyl groups is 1. The smallest absolute Gasteiger partial charge is 0.148 e. The Morgan fingerprint density at radius 1 is 1.67 bits per heavy atom. The number of aromatic amines is 1. The number of aliphatic hydroxyl groups excluding tert-OH is 1. The zero-order valence-electron chi connectivity index (χ0n) is 4.78. The minimum atomic E-state index is 0.580. The lowest BCUT2D eigenvalue weighted by molar-refractivity contribution is 0.373. The average Bonchev–Trinajstić information content (AvgIpc) is 2.34. The van der Waals surface area contributed by atoms with E-state index in [1.807, 2.05) is 0 Å². The summed E-state index contributed by atoms with van der Waals surface area (Å²) in [5, 5.41) is 21.1. The van der Waals surface area contributed by atoms with E-state index in [1.165, 1.54) is 0 Å². The highest BCUT2D eigenvalue weighted by Crippen LogP contribution is 1.91. The Kier molecular flexibility index (Phi) is 2.14. The van der Waals surface area contributed by atoms with Crippen LogP contribution in [0.4, 0.5) is 0 Å². The molecule has 1 aromatic rings. The van der Waals surface area contributed by atoms with E-state index in [9.17, 15) is 0 Å². The lowest BCUT2D eigenvalue weighted by Crippen LogP contribution is -1.88. The van der Waals surface area contributed by atoms with Crippen molar-refractivity contribution in [2.75, 3.05) is 0 Å². The van der Waals surface area contributed by atoms with Crippen molar-refractivity contribution in [3.05, 3.63) is 12.4 Å². The summed E-state index contributed by atoms with van der Waals surface area (Å²) in [5.41, 5.74) is 0. The molecule has 0 saturated heterocycles. The molecule has 0 atom stereocenters. The van der Waals surface area contributed by atoms with Gasteiger partial charge >= 0.3 is 0 Å². The molecular formula is C4H7N4O. The molecule has 5 heteroatoms. The molecule has 5 nitrogen and oxygen atoms in total. The van der Waals surface area contributed by atoms with E-state index in [1.54, 1.807) is 0 Å². The van der Waals surface area contributed by atoms with Crippen molar-refractivity contribution in [2.24, 2.45) is 0 Å². The van der Waals surface area contributed by atoms with Crippen molar-refractivity contribution >= 4 is 0 Å². The maximum absolute atomic E-state index is 8.26. The van der Waals surface area contributed by atoms with Gasteiger partial charge in [-0.25, -0.2) is 5.10 Å². The highest BCUT2D eigenvalue weighted by molar-refractivity contribution is 4.76. The third kappa shape index (κ3) is 1.77. The summed E-state index contributed by atoms with van der Waals surface area (Å²) in [6.45, 7) is 1.09. The summed E-state index contributed by atoms with van der Waals surface area (Å²) in [6, 6.07) is 0. The number of nitrogens with one attached hydrogen (secondary N) is 1. The topological polar surface area (TPSA) is 74.7 Å². The molecule has 1 aromatic heterocycles. The predicted molar refractivity (Wildman–Crippen MR) is 28.7 cm³/mol. The fourth-order valence-corrected chi connectivity index (χ4v) is 0.486. The molecule has 0 aliphatic heterocycles. The van der Waals surface area contributed by atoms with Gasteiger partial charge in [-0.15, -0.1) is 5.10 Å². The quantitative estimate of drug-likeness (QED) is 0.582. The number of H-pyrrole nitrogens is 1. The number of nitrogens with zero attached hydrogens (tertiary/aromatic N) is 3. The minimum Gasteiger partial charge on any atom is -0.390 e. The Morgan fingerprint density at radius 2 is 2.56 bits per heavy atom. The van der Waals surface area contributed by atoms with Gasteiger partial charge in [0.1, 0.15) is 5.82 Å². The molecular weight excluding hydrogens is 120 g/mol. The van der Waals surface area contributed by atoms with Crippen LogP contribution >= 0.6 is 0 Å². The third-order valence-corrected chi connectivity index (χ3v) is 0.899. The second-order valence-corrected chi connectivity index (χ2v) is 1.57. The van der Waals surface area contributed by atoms with Crippen molar-refractivity contribution in [2.45, 2.75) is 12.8 Å². The van der Waals surface area contributed by atoms with Crippen molar-refractivity contribution in [3.63, 3.8) is 0 Å². The highest BCUT2D eigenvalue weighted by atomic mass is 16.2. The van der Waals surface area contributed by atoms with Gasteiger partial charge in [0.2, 0.25) is 0 Å². The van der Waals surface area contributed by atoms with Gasteiger partial charge in [0, 0.05) is 6.42 Å². The molecule has 1 heterocycles. The van der Waals surface area contributed by atoms with Gasteiger partial charge in [0.15, 0.2) is 0 Å². The van der Waals surface area contributed by atoms with Crippen LogP contribution in [0.2, 0.25) is 0 Å². The SMILES string of the molecule is O[CH]CCc1nnn[nH]1. The Bertz CT molecular complexity index is 150. The first-order chi connectivity index (χ1) is 4.43. The number of rotatable bonds is 3. The van der Waals surface area contributed by atoms with E-state index < -0.39 is 0 Å². The van der Waals surface area contributed by atoms with E-state index in [4.69, 9.17) is 5.11 Å². The molecule has 49 valence electrons. The van der Waals surface area contributed by atoms with Gasteiger partial charge in [-0.1, -0.05) is 0 Å². The molecule has 1 radical (unpaired) electrons. The van der Waals surface area contributed by atoms with Crippen LogP contribution in [0.15, 0.2) is 0 Å². The Labute approximate surface area is 52.1 Å². The number of hydrogen-bond donors (Lipinski definition) is 2. The van der Waals surface area contributed by atoms with Crippen LogP contribution in [0.1, 0.15) is 12.2 Å². The molecule has 0 aliphatic carbocycles. The van der Waals surface area contributed by atoms with Gasteiger partial charge in [0.05, 0.1) is 6.61 Å². The Hall–Kier alpha value is -0.970. The van der Waals surface area contributed by atoms with Gasteiger partial charge < -0.3 is 5.11 Å². The lowest BCUT2D eigenvalue weighted by atomic mass is 10.3. The summed E-state index contributed by atoms with van der Waals surface area (Å²) in [4.78, 5) is 0. The second-order valence-electron chi connectivity index (χ2n) is 1.57. The molecule has 0 bridgehead atoms. The standard InChI is InChI=1S/C4H7N4O/c9-3-1-2-4-5-7-8-6-4/h3,9H,1-2H2,(H,5,6,7,8). The molecule has 0 unspecified atom stereocenters. The first-order valence-corrected chi connectivity index (χ1v) is 2.62. The fourth-order valence-electron chi connectivity index (χ4n) is 0.486. The van der Waals surface area contributed by atoms with Crippen LogP contribution in [0, 0.1) is 6.61 Å². The van der Waals surface area contributed by atoms with Crippen LogP contribution in [0.5, 0.6) is 0 Å². The fraction of sp³-hybridized carbons (Fsp3) is 0.500. The second kappa shape index (κ2) is 3.13. The molecule has 0 aliphatic rings. The average molecular weight is 127 g/mol. The number of aromatic nitrogens is 4. The summed E-state index contributed by atoms with van der Waals surface area (Å²) in [6.07, 6.45) is 1.24. The number of hydrogen-bond acceptors (Lipinski definition) is 4. The van der Waals surface area contributed by atoms with E-state index in [0.29, 0.717) is 18.7 Å².